The van der Waals surface area contributed by atoms with Gasteiger partial charge in [0.1, 0.15) is 0 Å². The maximum Gasteiger partial charge on any atom is 0.282 e. The molecule has 0 aliphatic carbocycles. The number of benzene rings is 2. The first-order valence-electron chi connectivity index (χ1n) is 9.23. The Hall–Kier alpha value is -2.24. The van der Waals surface area contributed by atoms with Crippen molar-refractivity contribution in [3.8, 4) is 0 Å². The van der Waals surface area contributed by atoms with E-state index in [0.29, 0.717) is 11.0 Å². The Bertz CT molecular complexity index is 934. The third-order valence-corrected chi connectivity index (χ3v) is 6.63. The predicted molar refractivity (Wildman–Crippen MR) is 104 cm³/mol. The largest absolute Gasteiger partial charge is 0.335 e. The lowest BCUT2D eigenvalue weighted by Crippen LogP contribution is -2.41. The number of rotatable bonds is 2. The molecule has 0 saturated carbocycles. The highest BCUT2D eigenvalue weighted by Gasteiger charge is 2.33. The van der Waals surface area contributed by atoms with Crippen molar-refractivity contribution in [3.63, 3.8) is 0 Å². The highest BCUT2D eigenvalue weighted by Crippen LogP contribution is 2.27. The van der Waals surface area contributed by atoms with Crippen LogP contribution in [0.4, 0.5) is 0 Å². The second kappa shape index (κ2) is 6.49. The number of hydrogen-bond acceptors (Lipinski definition) is 4. The number of para-hydroxylation sites is 1. The highest BCUT2D eigenvalue weighted by atomic mass is 32.1. The van der Waals surface area contributed by atoms with Crippen molar-refractivity contribution in [2.45, 2.75) is 25.4 Å². The molecule has 1 aromatic heterocycles. The first kappa shape index (κ1) is 16.0. The van der Waals surface area contributed by atoms with E-state index in [1.54, 1.807) is 0 Å². The topological polar surface area (TPSA) is 36.4 Å². The van der Waals surface area contributed by atoms with Gasteiger partial charge in [0.05, 0.1) is 10.2 Å². The van der Waals surface area contributed by atoms with E-state index in [9.17, 15) is 4.79 Å². The van der Waals surface area contributed by atoms with Gasteiger partial charge in [0.25, 0.3) is 5.91 Å². The lowest BCUT2D eigenvalue weighted by molar-refractivity contribution is 0.0773. The number of aromatic nitrogens is 1. The van der Waals surface area contributed by atoms with Crippen molar-refractivity contribution >= 4 is 27.5 Å². The summed E-state index contributed by atoms with van der Waals surface area (Å²) in [7, 11) is 0. The zero-order valence-corrected chi connectivity index (χ0v) is 15.4. The fourth-order valence-corrected chi connectivity index (χ4v) is 5.09. The van der Waals surface area contributed by atoms with Gasteiger partial charge in [-0.1, -0.05) is 36.4 Å². The number of thiazole rings is 1. The molecule has 0 radical (unpaired) electrons. The standard InChI is InChI=1S/C21H21N3OS/c25-21(20-22-18-7-3-4-8-19(18)26-20)24-12-10-17(14-24)23-11-9-15-5-1-2-6-16(15)13-23/h1-8,17H,9-14H2/t17-/m1/s1. The molecule has 1 fully saturated rings. The third kappa shape index (κ3) is 2.81. The summed E-state index contributed by atoms with van der Waals surface area (Å²) < 4.78 is 1.08. The number of amides is 1. The van der Waals surface area contributed by atoms with E-state index in [0.717, 1.165) is 49.2 Å². The molecule has 1 amide bonds. The average Bonchev–Trinajstić information content (AvgIpc) is 3.34. The van der Waals surface area contributed by atoms with Gasteiger partial charge >= 0.3 is 0 Å². The van der Waals surface area contributed by atoms with Gasteiger partial charge < -0.3 is 4.90 Å². The van der Waals surface area contributed by atoms with Crippen molar-refractivity contribution < 1.29 is 4.79 Å². The molecule has 5 rings (SSSR count). The number of nitrogens with zero attached hydrogens (tertiary/aromatic N) is 3. The van der Waals surface area contributed by atoms with Gasteiger partial charge in [-0.15, -0.1) is 11.3 Å². The maximum absolute atomic E-state index is 12.9. The molecule has 1 saturated heterocycles. The fourth-order valence-electron chi connectivity index (χ4n) is 4.15. The van der Waals surface area contributed by atoms with Crippen LogP contribution in [0.25, 0.3) is 10.2 Å². The van der Waals surface area contributed by atoms with Crippen LogP contribution in [0.1, 0.15) is 27.3 Å². The fraction of sp³-hybridized carbons (Fsp3) is 0.333. The van der Waals surface area contributed by atoms with Gasteiger partial charge in [0.15, 0.2) is 5.01 Å². The summed E-state index contributed by atoms with van der Waals surface area (Å²) in [5, 5.41) is 0.621. The Labute approximate surface area is 157 Å². The number of fused-ring (bicyclic) bond motifs is 2. The van der Waals surface area contributed by atoms with Crippen LogP contribution in [0.3, 0.4) is 0 Å². The van der Waals surface area contributed by atoms with Gasteiger partial charge in [0.2, 0.25) is 0 Å². The molecule has 5 heteroatoms. The van der Waals surface area contributed by atoms with E-state index in [1.807, 2.05) is 29.2 Å². The molecule has 1 atom stereocenters. The van der Waals surface area contributed by atoms with Gasteiger partial charge in [-0.25, -0.2) is 4.98 Å². The van der Waals surface area contributed by atoms with Gasteiger partial charge in [-0.3, -0.25) is 9.69 Å². The van der Waals surface area contributed by atoms with Crippen molar-refractivity contribution in [1.82, 2.24) is 14.8 Å². The molecule has 2 aromatic carbocycles. The Morgan fingerprint density at radius 2 is 1.85 bits per heavy atom. The Kier molecular flexibility index (Phi) is 3.98. The second-order valence-electron chi connectivity index (χ2n) is 7.17. The molecular weight excluding hydrogens is 342 g/mol. The molecule has 2 aliphatic heterocycles. The summed E-state index contributed by atoms with van der Waals surface area (Å²) in [5.74, 6) is 0.0890. The Balaban J connectivity index is 1.29. The van der Waals surface area contributed by atoms with E-state index in [4.69, 9.17) is 0 Å². The first-order valence-corrected chi connectivity index (χ1v) is 10.1. The minimum absolute atomic E-state index is 0.0890. The normalized spacial score (nSPS) is 20.5. The molecular formula is C21H21N3OS. The monoisotopic (exact) mass is 363 g/mol. The minimum atomic E-state index is 0.0890. The van der Waals surface area contributed by atoms with Gasteiger partial charge in [-0.2, -0.15) is 0 Å². The summed E-state index contributed by atoms with van der Waals surface area (Å²) in [6.07, 6.45) is 2.16. The van der Waals surface area contributed by atoms with Crippen LogP contribution in [0.5, 0.6) is 0 Å². The lowest BCUT2D eigenvalue weighted by Gasteiger charge is -2.33. The van der Waals surface area contributed by atoms with Gasteiger partial charge in [-0.05, 0) is 36.1 Å². The molecule has 0 N–H and O–H groups in total. The molecule has 0 unspecified atom stereocenters. The number of likely N-dealkylation sites (tertiary alicyclic amines) is 1. The van der Waals surface area contributed by atoms with Crippen molar-refractivity contribution in [1.29, 1.82) is 0 Å². The van der Waals surface area contributed by atoms with Crippen LogP contribution < -0.4 is 0 Å². The van der Waals surface area contributed by atoms with Crippen LogP contribution in [0.15, 0.2) is 48.5 Å². The quantitative estimate of drug-likeness (QED) is 0.698. The first-order chi connectivity index (χ1) is 12.8. The predicted octanol–water partition coefficient (Wildman–Crippen LogP) is 3.57. The van der Waals surface area contributed by atoms with Crippen molar-refractivity contribution in [2.75, 3.05) is 19.6 Å². The zero-order valence-electron chi connectivity index (χ0n) is 14.6. The molecule has 132 valence electrons. The van der Waals surface area contributed by atoms with Crippen LogP contribution in [0, 0.1) is 0 Å². The highest BCUT2D eigenvalue weighted by molar-refractivity contribution is 7.20. The van der Waals surface area contributed by atoms with Crippen LogP contribution in [-0.2, 0) is 13.0 Å². The van der Waals surface area contributed by atoms with Crippen LogP contribution in [0.2, 0.25) is 0 Å². The number of hydrogen-bond donors (Lipinski definition) is 0. The van der Waals surface area contributed by atoms with E-state index in [-0.39, 0.29) is 5.91 Å². The lowest BCUT2D eigenvalue weighted by atomic mass is 9.98. The van der Waals surface area contributed by atoms with E-state index in [2.05, 4.69) is 34.1 Å². The smallest absolute Gasteiger partial charge is 0.282 e. The SMILES string of the molecule is O=C(c1nc2ccccc2s1)N1CC[C@@H](N2CCc3ccccc3C2)C1. The van der Waals surface area contributed by atoms with Crippen LogP contribution in [-0.4, -0.2) is 46.4 Å². The van der Waals surface area contributed by atoms with E-state index in [1.165, 1.54) is 22.5 Å². The van der Waals surface area contributed by atoms with E-state index < -0.39 is 0 Å². The summed E-state index contributed by atoms with van der Waals surface area (Å²) in [6.45, 7) is 3.74. The minimum Gasteiger partial charge on any atom is -0.335 e. The zero-order chi connectivity index (χ0) is 17.5. The summed E-state index contributed by atoms with van der Waals surface area (Å²) in [4.78, 5) is 22.0. The Morgan fingerprint density at radius 1 is 1.04 bits per heavy atom. The average molecular weight is 363 g/mol. The van der Waals surface area contributed by atoms with Crippen molar-refractivity contribution in [2.24, 2.45) is 0 Å². The molecule has 0 bridgehead atoms. The van der Waals surface area contributed by atoms with E-state index >= 15 is 0 Å². The summed E-state index contributed by atoms with van der Waals surface area (Å²) >= 11 is 1.50. The summed E-state index contributed by atoms with van der Waals surface area (Å²) in [6, 6.07) is 17.2. The molecule has 0 spiro atoms. The maximum atomic E-state index is 12.9. The summed E-state index contributed by atoms with van der Waals surface area (Å²) in [5.41, 5.74) is 3.84. The molecule has 2 aliphatic rings. The van der Waals surface area contributed by atoms with Gasteiger partial charge in [0, 0.05) is 32.2 Å². The van der Waals surface area contributed by atoms with Crippen molar-refractivity contribution in [3.05, 3.63) is 64.7 Å². The molecule has 26 heavy (non-hydrogen) atoms. The van der Waals surface area contributed by atoms with Crippen LogP contribution >= 0.6 is 11.3 Å². The third-order valence-electron chi connectivity index (χ3n) is 5.60. The Morgan fingerprint density at radius 3 is 2.73 bits per heavy atom. The molecule has 3 aromatic rings. The molecule has 4 nitrogen and oxygen atoms in total. The number of carbonyl (C=O) groups excluding carboxylic acids is 1. The number of carbonyl (C=O) groups is 1. The molecule has 3 heterocycles. The second-order valence-corrected chi connectivity index (χ2v) is 8.20.